The average Bonchev–Trinajstić information content (AvgIpc) is 3.37. The van der Waals surface area contributed by atoms with Crippen molar-refractivity contribution in [1.82, 2.24) is 25.3 Å². The predicted octanol–water partition coefficient (Wildman–Crippen LogP) is 12.2. The van der Waals surface area contributed by atoms with Crippen LogP contribution in [0.5, 0.6) is 0 Å². The molecule has 2 N–H and O–H groups in total. The number of alkyl carbamates (subject to hydrolysis) is 1. The maximum Gasteiger partial charge on any atom is 0.408 e. The summed E-state index contributed by atoms with van der Waals surface area (Å²) in [5.74, 6) is 0.247. The molecule has 2 aliphatic heterocycles. The fraction of sp³-hybridized carbons (Fsp3) is 0.443. The van der Waals surface area contributed by atoms with E-state index < -0.39 is 23.2 Å². The summed E-state index contributed by atoms with van der Waals surface area (Å²) in [6, 6.07) is 43.3. The summed E-state index contributed by atoms with van der Waals surface area (Å²) in [5, 5.41) is 6.78. The third kappa shape index (κ3) is 14.0. The Kier molecular flexibility index (Phi) is 19.6. The first-order valence-corrected chi connectivity index (χ1v) is 26.4. The Morgan fingerprint density at radius 3 is 1.61 bits per heavy atom. The van der Waals surface area contributed by atoms with E-state index in [9.17, 15) is 14.4 Å². The van der Waals surface area contributed by atoms with Gasteiger partial charge in [-0.15, -0.1) is 0 Å². The monoisotopic (exact) mass is 978 g/mol. The lowest BCUT2D eigenvalue weighted by molar-refractivity contribution is 0.0505. The van der Waals surface area contributed by atoms with Gasteiger partial charge in [0.15, 0.2) is 0 Å². The number of rotatable bonds is 15. The van der Waals surface area contributed by atoms with Crippen molar-refractivity contribution >= 4 is 35.1 Å². The topological polar surface area (TPSA) is 94.2 Å². The van der Waals surface area contributed by atoms with Gasteiger partial charge in [-0.3, -0.25) is 9.59 Å². The number of hydrogen-bond acceptors (Lipinski definition) is 6. The van der Waals surface area contributed by atoms with Gasteiger partial charge in [-0.25, -0.2) is 4.79 Å². The zero-order chi connectivity index (χ0) is 51.1. The summed E-state index contributed by atoms with van der Waals surface area (Å²) in [6.45, 7) is 22.4. The van der Waals surface area contributed by atoms with Crippen LogP contribution in [0.2, 0.25) is 0 Å². The number of ether oxygens (including phenoxy) is 1. The molecule has 3 atom stereocenters. The Morgan fingerprint density at radius 1 is 0.648 bits per heavy atom. The average molecular weight is 978 g/mol. The third-order valence-corrected chi connectivity index (χ3v) is 14.9. The lowest BCUT2D eigenvalue weighted by Gasteiger charge is -2.46. The van der Waals surface area contributed by atoms with Gasteiger partial charge in [0.1, 0.15) is 10.6 Å². The molecule has 2 aliphatic rings. The zero-order valence-corrected chi connectivity index (χ0v) is 44.7. The lowest BCUT2D eigenvalue weighted by Crippen LogP contribution is -2.61. The van der Waals surface area contributed by atoms with Gasteiger partial charge in [0.2, 0.25) is 0 Å². The Balaban J connectivity index is 0.000000343. The van der Waals surface area contributed by atoms with Crippen molar-refractivity contribution in [3.05, 3.63) is 177 Å². The molecule has 378 valence electrons. The number of nitrogens with one attached hydrogen (secondary N) is 2. The van der Waals surface area contributed by atoms with Crippen LogP contribution >= 0.6 is 12.2 Å². The number of amides is 3. The fourth-order valence-corrected chi connectivity index (χ4v) is 10.5. The van der Waals surface area contributed by atoms with E-state index in [1.165, 1.54) is 18.4 Å². The maximum atomic E-state index is 13.9. The van der Waals surface area contributed by atoms with Crippen molar-refractivity contribution in [2.24, 2.45) is 0 Å². The van der Waals surface area contributed by atoms with Gasteiger partial charge in [-0.2, -0.15) is 0 Å². The van der Waals surface area contributed by atoms with Gasteiger partial charge in [-0.1, -0.05) is 167 Å². The number of nitrogens with zero attached hydrogens (tertiary/aromatic N) is 3. The van der Waals surface area contributed by atoms with E-state index in [0.717, 1.165) is 89.8 Å². The smallest absolute Gasteiger partial charge is 0.408 e. The standard InChI is InChI=1S/C44H53N3O3S.C17H26N2O/c1-7-8-26-37-31-46(40(48)38-27-18-19-32(2)33(38)3)28-29-47(37)41(51)39(45-42(49)50-43(4,5)6)30-44(34-20-12-9-13-21-34,35-22-14-10-15-23-35)36-24-16-11-17-25-36;1-4-5-8-15-12-19(11-10-18-15)17(20)16-9-6-7-13(2)14(16)3/h9-25,27,37,39H,7-8,26,28-31H2,1-6H3,(H,45,49);6-7,9,15,18H,4-5,8,10-12H2,1-3H3. The normalized spacial score (nSPS) is 16.6. The van der Waals surface area contributed by atoms with Crippen LogP contribution in [0, 0.1) is 27.7 Å². The summed E-state index contributed by atoms with van der Waals surface area (Å²) in [7, 11) is 0. The highest BCUT2D eigenvalue weighted by atomic mass is 32.1. The number of benzene rings is 5. The highest BCUT2D eigenvalue weighted by Gasteiger charge is 2.43. The van der Waals surface area contributed by atoms with E-state index in [-0.39, 0.29) is 17.9 Å². The van der Waals surface area contributed by atoms with Crippen LogP contribution in [-0.4, -0.2) is 101 Å². The first-order chi connectivity index (χ1) is 34.1. The summed E-state index contributed by atoms with van der Waals surface area (Å²) in [6.07, 6.45) is 6.46. The van der Waals surface area contributed by atoms with Crippen molar-refractivity contribution in [3.63, 3.8) is 0 Å². The van der Waals surface area contributed by atoms with E-state index in [0.29, 0.717) is 37.1 Å². The first kappa shape index (κ1) is 54.5. The molecule has 3 amide bonds. The molecule has 9 nitrogen and oxygen atoms in total. The molecule has 2 fully saturated rings. The van der Waals surface area contributed by atoms with Crippen molar-refractivity contribution in [2.75, 3.05) is 39.3 Å². The second-order valence-electron chi connectivity index (χ2n) is 20.5. The second-order valence-corrected chi connectivity index (χ2v) is 20.9. The molecule has 0 aromatic heterocycles. The summed E-state index contributed by atoms with van der Waals surface area (Å²) in [4.78, 5) is 47.3. The summed E-state index contributed by atoms with van der Waals surface area (Å²) < 4.78 is 5.87. The number of unbranched alkanes of at least 4 members (excludes halogenated alkanes) is 2. The van der Waals surface area contributed by atoms with Crippen LogP contribution in [0.4, 0.5) is 4.79 Å². The quantitative estimate of drug-likeness (QED) is 0.0797. The molecule has 2 saturated heterocycles. The minimum absolute atomic E-state index is 0.00257. The third-order valence-electron chi connectivity index (χ3n) is 14.4. The van der Waals surface area contributed by atoms with Crippen LogP contribution in [-0.2, 0) is 10.2 Å². The van der Waals surface area contributed by atoms with E-state index in [4.69, 9.17) is 17.0 Å². The summed E-state index contributed by atoms with van der Waals surface area (Å²) >= 11 is 6.49. The molecule has 71 heavy (non-hydrogen) atoms. The molecule has 0 saturated carbocycles. The van der Waals surface area contributed by atoms with Gasteiger partial charge in [0.25, 0.3) is 11.8 Å². The van der Waals surface area contributed by atoms with E-state index in [2.05, 4.69) is 115 Å². The fourth-order valence-electron chi connectivity index (χ4n) is 10.2. The van der Waals surface area contributed by atoms with Crippen LogP contribution in [0.3, 0.4) is 0 Å². The molecule has 0 bridgehead atoms. The van der Waals surface area contributed by atoms with E-state index in [1.54, 1.807) is 0 Å². The van der Waals surface area contributed by atoms with E-state index in [1.807, 2.05) is 99.9 Å². The molecular weight excluding hydrogens is 899 g/mol. The highest BCUT2D eigenvalue weighted by molar-refractivity contribution is 7.80. The Hall–Kier alpha value is -5.84. The molecule has 10 heteroatoms. The Morgan fingerprint density at radius 2 is 1.13 bits per heavy atom. The predicted molar refractivity (Wildman–Crippen MR) is 295 cm³/mol. The maximum absolute atomic E-state index is 13.9. The molecule has 3 unspecified atom stereocenters. The molecule has 0 spiro atoms. The second kappa shape index (κ2) is 25.5. The minimum Gasteiger partial charge on any atom is -0.444 e. The van der Waals surface area contributed by atoms with Crippen molar-refractivity contribution in [2.45, 2.75) is 136 Å². The molecule has 5 aromatic carbocycles. The van der Waals surface area contributed by atoms with Gasteiger partial charge in [-0.05, 0) is 119 Å². The molecular formula is C61H79N5O4S. The zero-order valence-electron chi connectivity index (χ0n) is 43.9. The number of carbonyl (C=O) groups is 3. The van der Waals surface area contributed by atoms with Crippen LogP contribution in [0.1, 0.15) is 139 Å². The number of piperazine rings is 2. The summed E-state index contributed by atoms with van der Waals surface area (Å²) in [5.41, 5.74) is 8.01. The van der Waals surface area contributed by atoms with Gasteiger partial charge in [0.05, 0.1) is 6.04 Å². The van der Waals surface area contributed by atoms with Crippen LogP contribution < -0.4 is 10.6 Å². The number of hydrogen-bond donors (Lipinski definition) is 2. The minimum atomic E-state index is -0.685. The van der Waals surface area contributed by atoms with Gasteiger partial charge >= 0.3 is 6.09 Å². The molecule has 5 aromatic rings. The molecule has 7 rings (SSSR count). The lowest BCUT2D eigenvalue weighted by atomic mass is 9.66. The Labute approximate surface area is 430 Å². The number of aryl methyl sites for hydroxylation is 2. The molecule has 2 heterocycles. The molecule has 0 radical (unpaired) electrons. The SMILES string of the molecule is CCCCC1CN(C(=O)c2cccc(C)c2C)CCN1.CCCCC1CN(C(=O)c2cccc(C)c2C)CCN1C(=S)C(CC(c1ccccc1)(c1ccccc1)c1ccccc1)NC(=O)OC(C)(C)C. The first-order valence-electron chi connectivity index (χ1n) is 26.0. The number of carbonyl (C=O) groups excluding carboxylic acids is 3. The van der Waals surface area contributed by atoms with Crippen molar-refractivity contribution in [3.8, 4) is 0 Å². The Bertz CT molecular complexity index is 2430. The van der Waals surface area contributed by atoms with Crippen molar-refractivity contribution in [1.29, 1.82) is 0 Å². The highest BCUT2D eigenvalue weighted by Crippen LogP contribution is 2.44. The molecule has 0 aliphatic carbocycles. The van der Waals surface area contributed by atoms with Gasteiger partial charge < -0.3 is 30.1 Å². The van der Waals surface area contributed by atoms with Crippen LogP contribution in [0.25, 0.3) is 0 Å². The largest absolute Gasteiger partial charge is 0.444 e. The van der Waals surface area contributed by atoms with E-state index >= 15 is 0 Å². The van der Waals surface area contributed by atoms with Gasteiger partial charge in [0, 0.05) is 67.9 Å². The number of thiocarbonyl (C=S) groups is 1. The van der Waals surface area contributed by atoms with Crippen LogP contribution in [0.15, 0.2) is 127 Å². The van der Waals surface area contributed by atoms with Crippen molar-refractivity contribution < 1.29 is 19.1 Å².